The number of hydrogen-bond acceptors (Lipinski definition) is 7. The summed E-state index contributed by atoms with van der Waals surface area (Å²) in [4.78, 5) is 19.1. The number of amides is 1. The minimum atomic E-state index is -3.70. The van der Waals surface area contributed by atoms with Crippen LogP contribution in [0.4, 0.5) is 10.8 Å². The molecular weight excluding hydrogens is 448 g/mol. The maximum Gasteiger partial charge on any atom is 0.263 e. The second kappa shape index (κ2) is 10.2. The minimum absolute atomic E-state index is 0.0547. The third-order valence-corrected chi connectivity index (χ3v) is 7.21. The highest BCUT2D eigenvalue weighted by Crippen LogP contribution is 2.21. The van der Waals surface area contributed by atoms with Crippen LogP contribution in [0.15, 0.2) is 64.9 Å². The van der Waals surface area contributed by atoms with Gasteiger partial charge in [-0.1, -0.05) is 30.3 Å². The fourth-order valence-electron chi connectivity index (χ4n) is 3.29. The highest BCUT2D eigenvalue weighted by molar-refractivity contribution is 7.93. The van der Waals surface area contributed by atoms with Crippen molar-refractivity contribution < 1.29 is 17.9 Å². The number of hydrogen-bond donors (Lipinski definition) is 2. The summed E-state index contributed by atoms with van der Waals surface area (Å²) in [7, 11) is -3.70. The largest absolute Gasteiger partial charge is 0.379 e. The second-order valence-corrected chi connectivity index (χ2v) is 9.91. The molecule has 0 saturated carbocycles. The SMILES string of the molecule is O=C(Cc1csc(NS(=O)(=O)c2ccccc2)n1)Nc1ccc(CN2CCOCC2)cc1. The van der Waals surface area contributed by atoms with Crippen LogP contribution in [-0.2, 0) is 32.5 Å². The Labute approximate surface area is 191 Å². The topological polar surface area (TPSA) is 101 Å². The van der Waals surface area contributed by atoms with E-state index in [9.17, 15) is 13.2 Å². The molecule has 0 aliphatic carbocycles. The Morgan fingerprint density at radius 2 is 1.78 bits per heavy atom. The standard InChI is InChI=1S/C22H24N4O4S2/c27-21(23-18-8-6-17(7-9-18)15-26-10-12-30-13-11-26)14-19-16-31-22(24-19)25-32(28,29)20-4-2-1-3-5-20/h1-9,16H,10-15H2,(H,23,27)(H,24,25). The molecule has 0 atom stereocenters. The minimum Gasteiger partial charge on any atom is -0.379 e. The fourth-order valence-corrected chi connectivity index (χ4v) is 5.27. The van der Waals surface area contributed by atoms with E-state index in [4.69, 9.17) is 4.74 Å². The van der Waals surface area contributed by atoms with Gasteiger partial charge in [0, 0.05) is 30.7 Å². The van der Waals surface area contributed by atoms with E-state index in [2.05, 4.69) is 19.9 Å². The number of morpholine rings is 1. The van der Waals surface area contributed by atoms with Gasteiger partial charge in [-0.25, -0.2) is 13.4 Å². The van der Waals surface area contributed by atoms with Crippen molar-refractivity contribution in [2.45, 2.75) is 17.9 Å². The number of aromatic nitrogens is 1. The number of thiazole rings is 1. The lowest BCUT2D eigenvalue weighted by Gasteiger charge is -2.26. The Hall–Kier alpha value is -2.79. The quantitative estimate of drug-likeness (QED) is 0.523. The average Bonchev–Trinajstić information content (AvgIpc) is 3.22. The predicted octanol–water partition coefficient (Wildman–Crippen LogP) is 2.96. The number of benzene rings is 2. The predicted molar refractivity (Wildman–Crippen MR) is 124 cm³/mol. The summed E-state index contributed by atoms with van der Waals surface area (Å²) in [6, 6.07) is 15.9. The summed E-state index contributed by atoms with van der Waals surface area (Å²) in [5, 5.41) is 4.76. The van der Waals surface area contributed by atoms with Gasteiger partial charge in [0.25, 0.3) is 10.0 Å². The van der Waals surface area contributed by atoms with Crippen molar-refractivity contribution in [1.82, 2.24) is 9.88 Å². The summed E-state index contributed by atoms with van der Waals surface area (Å²) < 4.78 is 32.6. The van der Waals surface area contributed by atoms with E-state index in [0.29, 0.717) is 11.4 Å². The normalized spacial score (nSPS) is 14.8. The number of nitrogens with zero attached hydrogens (tertiary/aromatic N) is 2. The van der Waals surface area contributed by atoms with Crippen molar-refractivity contribution in [3.63, 3.8) is 0 Å². The maximum atomic E-state index is 12.4. The number of carbonyl (C=O) groups is 1. The summed E-state index contributed by atoms with van der Waals surface area (Å²) in [5.41, 5.74) is 2.39. The molecule has 3 aromatic rings. The molecule has 1 saturated heterocycles. The molecule has 1 amide bonds. The van der Waals surface area contributed by atoms with Gasteiger partial charge in [0.1, 0.15) is 0 Å². The van der Waals surface area contributed by atoms with Gasteiger partial charge in [-0.2, -0.15) is 0 Å². The molecule has 32 heavy (non-hydrogen) atoms. The van der Waals surface area contributed by atoms with Gasteiger partial charge >= 0.3 is 0 Å². The van der Waals surface area contributed by atoms with Crippen LogP contribution < -0.4 is 10.0 Å². The smallest absolute Gasteiger partial charge is 0.263 e. The first kappa shape index (κ1) is 22.4. The van der Waals surface area contributed by atoms with Gasteiger partial charge in [0.2, 0.25) is 5.91 Å². The highest BCUT2D eigenvalue weighted by Gasteiger charge is 2.16. The van der Waals surface area contributed by atoms with Crippen LogP contribution in [0.3, 0.4) is 0 Å². The third kappa shape index (κ3) is 6.13. The van der Waals surface area contributed by atoms with Crippen molar-refractivity contribution in [2.75, 3.05) is 36.3 Å². The molecule has 1 fully saturated rings. The lowest BCUT2D eigenvalue weighted by Crippen LogP contribution is -2.35. The van der Waals surface area contributed by atoms with Gasteiger partial charge in [-0.3, -0.25) is 14.4 Å². The fraction of sp³-hybridized carbons (Fsp3) is 0.273. The first-order chi connectivity index (χ1) is 15.5. The van der Waals surface area contributed by atoms with E-state index in [1.165, 1.54) is 17.7 Å². The lowest BCUT2D eigenvalue weighted by molar-refractivity contribution is -0.115. The average molecular weight is 473 g/mol. The number of ether oxygens (including phenoxy) is 1. The van der Waals surface area contributed by atoms with Crippen LogP contribution in [0.2, 0.25) is 0 Å². The van der Waals surface area contributed by atoms with Crippen molar-refractivity contribution in [3.8, 4) is 0 Å². The summed E-state index contributed by atoms with van der Waals surface area (Å²) in [5.74, 6) is -0.214. The number of nitrogens with one attached hydrogen (secondary N) is 2. The highest BCUT2D eigenvalue weighted by atomic mass is 32.2. The van der Waals surface area contributed by atoms with Crippen LogP contribution in [-0.4, -0.2) is 50.5 Å². The Morgan fingerprint density at radius 1 is 1.06 bits per heavy atom. The number of carbonyl (C=O) groups excluding carboxylic acids is 1. The molecule has 10 heteroatoms. The van der Waals surface area contributed by atoms with E-state index in [1.807, 2.05) is 24.3 Å². The molecule has 0 bridgehead atoms. The van der Waals surface area contributed by atoms with E-state index in [-0.39, 0.29) is 22.4 Å². The van der Waals surface area contributed by atoms with Crippen LogP contribution in [0, 0.1) is 0 Å². The molecule has 0 spiro atoms. The Bertz CT molecular complexity index is 1140. The summed E-state index contributed by atoms with van der Waals surface area (Å²) in [6.07, 6.45) is 0.0547. The molecule has 0 radical (unpaired) electrons. The molecule has 1 aromatic heterocycles. The third-order valence-electron chi connectivity index (χ3n) is 4.92. The van der Waals surface area contributed by atoms with E-state index in [0.717, 1.165) is 44.2 Å². The van der Waals surface area contributed by atoms with E-state index in [1.54, 1.807) is 23.6 Å². The van der Waals surface area contributed by atoms with E-state index < -0.39 is 10.0 Å². The zero-order valence-corrected chi connectivity index (χ0v) is 19.0. The van der Waals surface area contributed by atoms with Crippen LogP contribution in [0.1, 0.15) is 11.3 Å². The zero-order valence-electron chi connectivity index (χ0n) is 17.4. The van der Waals surface area contributed by atoms with E-state index >= 15 is 0 Å². The molecule has 1 aliphatic heterocycles. The first-order valence-corrected chi connectivity index (χ1v) is 12.6. The first-order valence-electron chi connectivity index (χ1n) is 10.2. The van der Waals surface area contributed by atoms with Crippen LogP contribution >= 0.6 is 11.3 Å². The zero-order chi connectivity index (χ0) is 22.4. The molecular formula is C22H24N4O4S2. The lowest BCUT2D eigenvalue weighted by atomic mass is 10.2. The van der Waals surface area contributed by atoms with Gasteiger partial charge in [-0.05, 0) is 29.8 Å². The maximum absolute atomic E-state index is 12.4. The van der Waals surface area contributed by atoms with Gasteiger partial charge in [0.05, 0.1) is 30.2 Å². The molecule has 1 aliphatic rings. The van der Waals surface area contributed by atoms with Crippen molar-refractivity contribution >= 4 is 38.1 Å². The Kier molecular flexibility index (Phi) is 7.15. The molecule has 8 nitrogen and oxygen atoms in total. The van der Waals surface area contributed by atoms with Gasteiger partial charge in [-0.15, -0.1) is 11.3 Å². The summed E-state index contributed by atoms with van der Waals surface area (Å²) >= 11 is 1.14. The van der Waals surface area contributed by atoms with Gasteiger partial charge in [0.15, 0.2) is 5.13 Å². The Balaban J connectivity index is 1.29. The molecule has 2 aromatic carbocycles. The number of anilines is 2. The molecule has 168 valence electrons. The van der Waals surface area contributed by atoms with Crippen molar-refractivity contribution in [2.24, 2.45) is 0 Å². The van der Waals surface area contributed by atoms with Crippen molar-refractivity contribution in [3.05, 3.63) is 71.2 Å². The Morgan fingerprint density at radius 3 is 2.50 bits per heavy atom. The van der Waals surface area contributed by atoms with Crippen molar-refractivity contribution in [1.29, 1.82) is 0 Å². The van der Waals surface area contributed by atoms with Crippen LogP contribution in [0.25, 0.3) is 0 Å². The molecule has 2 heterocycles. The molecule has 0 unspecified atom stereocenters. The molecule has 4 rings (SSSR count). The summed E-state index contributed by atoms with van der Waals surface area (Å²) in [6.45, 7) is 4.24. The number of sulfonamides is 1. The van der Waals surface area contributed by atoms with Crippen LogP contribution in [0.5, 0.6) is 0 Å². The number of rotatable bonds is 8. The second-order valence-electron chi connectivity index (χ2n) is 7.37. The molecule has 2 N–H and O–H groups in total. The monoisotopic (exact) mass is 472 g/mol. The van der Waals surface area contributed by atoms with Gasteiger partial charge < -0.3 is 10.1 Å².